The number of aryl methyl sites for hydroxylation is 1. The van der Waals surface area contributed by atoms with Crippen molar-refractivity contribution in [1.82, 2.24) is 0 Å². The van der Waals surface area contributed by atoms with Gasteiger partial charge in [-0.1, -0.05) is 42.5 Å². The van der Waals surface area contributed by atoms with Crippen LogP contribution in [0.15, 0.2) is 54.3 Å². The van der Waals surface area contributed by atoms with Crippen molar-refractivity contribution < 1.29 is 9.90 Å². The maximum absolute atomic E-state index is 12.3. The molecule has 0 aliphatic heterocycles. The second-order valence-electron chi connectivity index (χ2n) is 4.76. The van der Waals surface area contributed by atoms with Gasteiger partial charge < -0.3 is 5.11 Å². The molecule has 0 amide bonds. The van der Waals surface area contributed by atoms with Gasteiger partial charge in [0.2, 0.25) is 0 Å². The van der Waals surface area contributed by atoms with Gasteiger partial charge in [0.1, 0.15) is 0 Å². The molecular weight excluding hydrogens is 236 g/mol. The summed E-state index contributed by atoms with van der Waals surface area (Å²) in [5, 5.41) is 9.22. The predicted molar refractivity (Wildman–Crippen MR) is 80.0 cm³/mol. The van der Waals surface area contributed by atoms with Crippen molar-refractivity contribution in [1.29, 1.82) is 0 Å². The highest BCUT2D eigenvalue weighted by Gasteiger charge is 2.15. The van der Waals surface area contributed by atoms with Crippen LogP contribution in [0.3, 0.4) is 0 Å². The molecule has 1 aromatic carbocycles. The molecule has 1 rings (SSSR count). The van der Waals surface area contributed by atoms with E-state index in [2.05, 4.69) is 6.58 Å². The number of rotatable bonds is 5. The van der Waals surface area contributed by atoms with E-state index in [9.17, 15) is 9.90 Å². The van der Waals surface area contributed by atoms with Crippen LogP contribution in [0, 0.1) is 6.92 Å². The van der Waals surface area contributed by atoms with Crippen molar-refractivity contribution in [2.75, 3.05) is 0 Å². The summed E-state index contributed by atoms with van der Waals surface area (Å²) in [4.78, 5) is 12.3. The number of carbonyl (C=O) groups is 1. The van der Waals surface area contributed by atoms with Crippen LogP contribution in [0.2, 0.25) is 0 Å². The molecule has 0 aromatic heterocycles. The summed E-state index contributed by atoms with van der Waals surface area (Å²) in [7, 11) is 0. The number of Topliss-reactive ketones (excluding diaryl/α,β-unsaturated/α-hetero) is 1. The van der Waals surface area contributed by atoms with E-state index in [1.165, 1.54) is 0 Å². The minimum Gasteiger partial charge on any atom is -0.515 e. The number of aliphatic hydroxyl groups excluding tert-OH is 1. The molecule has 0 fully saturated rings. The number of benzene rings is 1. The summed E-state index contributed by atoms with van der Waals surface area (Å²) >= 11 is 0. The minimum atomic E-state index is -0.214. The second-order valence-corrected chi connectivity index (χ2v) is 4.76. The van der Waals surface area contributed by atoms with Crippen LogP contribution in [0.1, 0.15) is 31.4 Å². The molecule has 0 unspecified atom stereocenters. The third-order valence-electron chi connectivity index (χ3n) is 2.92. The second kappa shape index (κ2) is 6.74. The number of hydrogen-bond acceptors (Lipinski definition) is 2. The van der Waals surface area contributed by atoms with Crippen LogP contribution in [0.25, 0.3) is 5.57 Å². The molecule has 0 heterocycles. The molecule has 0 bridgehead atoms. The first-order valence-corrected chi connectivity index (χ1v) is 6.23. The number of ketones is 1. The maximum Gasteiger partial charge on any atom is 0.192 e. The van der Waals surface area contributed by atoms with Crippen molar-refractivity contribution in [3.63, 3.8) is 0 Å². The predicted octanol–water partition coefficient (Wildman–Crippen LogP) is 4.38. The Kier molecular flexibility index (Phi) is 5.31. The Morgan fingerprint density at radius 2 is 1.95 bits per heavy atom. The summed E-state index contributed by atoms with van der Waals surface area (Å²) < 4.78 is 0. The Morgan fingerprint density at radius 3 is 2.47 bits per heavy atom. The first-order chi connectivity index (χ1) is 8.97. The number of carbonyl (C=O) groups excluding carboxylic acids is 1. The van der Waals surface area contributed by atoms with Gasteiger partial charge in [0.05, 0.1) is 6.26 Å². The highest BCUT2D eigenvalue weighted by Crippen LogP contribution is 2.22. The molecule has 0 radical (unpaired) electrons. The summed E-state index contributed by atoms with van der Waals surface area (Å²) in [5.74, 6) is -0.214. The molecule has 0 saturated heterocycles. The zero-order valence-corrected chi connectivity index (χ0v) is 11.7. The van der Waals surface area contributed by atoms with E-state index in [1.54, 1.807) is 0 Å². The number of allylic oxidation sites excluding steroid dienone is 4. The molecule has 1 aromatic rings. The van der Waals surface area contributed by atoms with Gasteiger partial charge in [-0.05, 0) is 38.3 Å². The van der Waals surface area contributed by atoms with Crippen LogP contribution >= 0.6 is 0 Å². The lowest BCUT2D eigenvalue weighted by molar-refractivity contribution is -0.110. The Hall–Kier alpha value is -2.09. The summed E-state index contributed by atoms with van der Waals surface area (Å²) in [5.41, 5.74) is 3.70. The van der Waals surface area contributed by atoms with Crippen molar-refractivity contribution in [2.45, 2.75) is 27.2 Å². The average Bonchev–Trinajstić information content (AvgIpc) is 2.38. The fraction of sp³-hybridized carbons (Fsp3) is 0.235. The van der Waals surface area contributed by atoms with Gasteiger partial charge in [0, 0.05) is 11.1 Å². The van der Waals surface area contributed by atoms with Gasteiger partial charge in [-0.3, -0.25) is 4.79 Å². The van der Waals surface area contributed by atoms with Crippen LogP contribution in [-0.4, -0.2) is 10.9 Å². The highest BCUT2D eigenvalue weighted by molar-refractivity contribution is 6.28. The lowest BCUT2D eigenvalue weighted by atomic mass is 9.94. The van der Waals surface area contributed by atoms with Crippen LogP contribution < -0.4 is 0 Å². The molecule has 19 heavy (non-hydrogen) atoms. The quantitative estimate of drug-likeness (QED) is 0.482. The van der Waals surface area contributed by atoms with Gasteiger partial charge in [-0.25, -0.2) is 0 Å². The zero-order chi connectivity index (χ0) is 14.4. The molecule has 0 spiro atoms. The van der Waals surface area contributed by atoms with Gasteiger partial charge in [-0.2, -0.15) is 0 Å². The van der Waals surface area contributed by atoms with Crippen molar-refractivity contribution in [3.8, 4) is 0 Å². The smallest absolute Gasteiger partial charge is 0.192 e. The van der Waals surface area contributed by atoms with Gasteiger partial charge in [0.15, 0.2) is 5.78 Å². The van der Waals surface area contributed by atoms with E-state index in [0.717, 1.165) is 23.0 Å². The molecule has 0 saturated carbocycles. The first-order valence-electron chi connectivity index (χ1n) is 6.23. The molecular formula is C17H20O2. The molecule has 1 N–H and O–H groups in total. The van der Waals surface area contributed by atoms with Gasteiger partial charge in [-0.15, -0.1) is 0 Å². The van der Waals surface area contributed by atoms with E-state index in [-0.39, 0.29) is 5.78 Å². The first kappa shape index (κ1) is 15.0. The Bertz CT molecular complexity index is 544. The Morgan fingerprint density at radius 1 is 1.32 bits per heavy atom. The summed E-state index contributed by atoms with van der Waals surface area (Å²) in [6.45, 7) is 9.70. The molecule has 100 valence electrons. The largest absolute Gasteiger partial charge is 0.515 e. The average molecular weight is 256 g/mol. The van der Waals surface area contributed by atoms with Crippen molar-refractivity contribution >= 4 is 11.4 Å². The van der Waals surface area contributed by atoms with Crippen molar-refractivity contribution in [2.24, 2.45) is 0 Å². The third kappa shape index (κ3) is 3.95. The molecule has 0 aliphatic carbocycles. The molecule has 0 atom stereocenters. The van der Waals surface area contributed by atoms with E-state index in [0.29, 0.717) is 17.6 Å². The lowest BCUT2D eigenvalue weighted by Gasteiger charge is -2.09. The molecule has 2 nitrogen and oxygen atoms in total. The number of aliphatic hydroxyl groups is 1. The number of hydrogen-bond donors (Lipinski definition) is 1. The fourth-order valence-corrected chi connectivity index (χ4v) is 1.75. The normalized spacial score (nSPS) is 11.0. The molecule has 0 aliphatic rings. The minimum absolute atomic E-state index is 0.214. The maximum atomic E-state index is 12.3. The highest BCUT2D eigenvalue weighted by atomic mass is 16.2. The van der Waals surface area contributed by atoms with E-state index < -0.39 is 0 Å². The van der Waals surface area contributed by atoms with Crippen LogP contribution in [-0.2, 0) is 4.79 Å². The Balaban J connectivity index is 2.97. The van der Waals surface area contributed by atoms with Crippen LogP contribution in [0.4, 0.5) is 0 Å². The van der Waals surface area contributed by atoms with E-state index >= 15 is 0 Å². The van der Waals surface area contributed by atoms with E-state index in [1.807, 2.05) is 51.1 Å². The Labute approximate surface area is 114 Å². The fourth-order valence-electron chi connectivity index (χ4n) is 1.75. The standard InChI is InChI=1S/C17H20O2/c1-12(2)9-10-15(11-18)17(19)14(4)16-8-6-5-7-13(16)3/h5-9,11,18H,4,10H2,1-3H3. The van der Waals surface area contributed by atoms with Gasteiger partial charge >= 0.3 is 0 Å². The topological polar surface area (TPSA) is 37.3 Å². The lowest BCUT2D eigenvalue weighted by Crippen LogP contribution is -2.06. The monoisotopic (exact) mass is 256 g/mol. The molecule has 2 heteroatoms. The summed E-state index contributed by atoms with van der Waals surface area (Å²) in [6, 6.07) is 7.60. The zero-order valence-electron chi connectivity index (χ0n) is 11.7. The van der Waals surface area contributed by atoms with E-state index in [4.69, 9.17) is 0 Å². The van der Waals surface area contributed by atoms with Crippen molar-refractivity contribution in [3.05, 3.63) is 65.5 Å². The van der Waals surface area contributed by atoms with Crippen LogP contribution in [0.5, 0.6) is 0 Å². The third-order valence-corrected chi connectivity index (χ3v) is 2.92. The van der Waals surface area contributed by atoms with Gasteiger partial charge in [0.25, 0.3) is 0 Å². The summed E-state index contributed by atoms with van der Waals surface area (Å²) in [6.07, 6.45) is 3.21. The SMILES string of the molecule is C=C(C(=O)C(=CO)CC=C(C)C)c1ccccc1C.